The van der Waals surface area contributed by atoms with Gasteiger partial charge in [0.2, 0.25) is 0 Å². The molecule has 8 heteroatoms. The molecular weight excluding hydrogens is 531 g/mol. The van der Waals surface area contributed by atoms with Crippen molar-refractivity contribution in [2.45, 2.75) is 52.5 Å². The lowest BCUT2D eigenvalue weighted by molar-refractivity contribution is 0.505. The van der Waals surface area contributed by atoms with E-state index in [0.29, 0.717) is 6.54 Å². The molecule has 0 aliphatic rings. The number of nitrogens with zero attached hydrogens (tertiary/aromatic N) is 4. The van der Waals surface area contributed by atoms with Crippen LogP contribution < -0.4 is 10.6 Å². The van der Waals surface area contributed by atoms with E-state index < -0.39 is 0 Å². The molecule has 0 saturated carbocycles. The van der Waals surface area contributed by atoms with Gasteiger partial charge in [-0.2, -0.15) is 0 Å². The van der Waals surface area contributed by atoms with Crippen LogP contribution in [0.4, 0.5) is 0 Å². The molecular formula is C20H32BrIN6. The van der Waals surface area contributed by atoms with Crippen molar-refractivity contribution in [2.24, 2.45) is 12.0 Å². The summed E-state index contributed by atoms with van der Waals surface area (Å²) < 4.78 is 3.10. The summed E-state index contributed by atoms with van der Waals surface area (Å²) in [5.41, 5.74) is 1.23. The summed E-state index contributed by atoms with van der Waals surface area (Å²) in [5, 5.41) is 15.2. The molecule has 28 heavy (non-hydrogen) atoms. The number of guanidine groups is 1. The Hall–Kier alpha value is -1.16. The molecule has 0 atom stereocenters. The van der Waals surface area contributed by atoms with E-state index in [1.165, 1.54) is 5.56 Å². The summed E-state index contributed by atoms with van der Waals surface area (Å²) in [6.07, 6.45) is 2.25. The minimum atomic E-state index is -0.0470. The highest BCUT2D eigenvalue weighted by Gasteiger charge is 2.23. The third-order valence-electron chi connectivity index (χ3n) is 4.68. The molecule has 0 fully saturated rings. The van der Waals surface area contributed by atoms with Gasteiger partial charge in [-0.1, -0.05) is 61.3 Å². The molecule has 0 spiro atoms. The molecule has 0 saturated heterocycles. The lowest BCUT2D eigenvalue weighted by atomic mass is 9.84. The van der Waals surface area contributed by atoms with Crippen molar-refractivity contribution in [2.75, 3.05) is 13.1 Å². The normalized spacial score (nSPS) is 11.9. The first kappa shape index (κ1) is 24.9. The second kappa shape index (κ2) is 11.7. The molecule has 1 heterocycles. The molecule has 156 valence electrons. The van der Waals surface area contributed by atoms with Crippen LogP contribution in [-0.4, -0.2) is 33.8 Å². The Balaban J connectivity index is 0.00000392. The van der Waals surface area contributed by atoms with Crippen LogP contribution in [0.2, 0.25) is 0 Å². The summed E-state index contributed by atoms with van der Waals surface area (Å²) in [7, 11) is 1.97. The monoisotopic (exact) mass is 562 g/mol. The topological polar surface area (TPSA) is 67.1 Å². The van der Waals surface area contributed by atoms with Crippen molar-refractivity contribution < 1.29 is 0 Å². The molecule has 0 radical (unpaired) electrons. The lowest BCUT2D eigenvalue weighted by Gasteiger charge is -2.28. The predicted octanol–water partition coefficient (Wildman–Crippen LogP) is 4.32. The number of benzene rings is 1. The molecule has 0 bridgehead atoms. The summed E-state index contributed by atoms with van der Waals surface area (Å²) in [6.45, 7) is 10.8. The summed E-state index contributed by atoms with van der Waals surface area (Å²) in [6, 6.07) is 8.36. The van der Waals surface area contributed by atoms with Gasteiger partial charge in [-0.3, -0.25) is 0 Å². The summed E-state index contributed by atoms with van der Waals surface area (Å²) >= 11 is 3.67. The van der Waals surface area contributed by atoms with E-state index in [2.05, 4.69) is 75.7 Å². The van der Waals surface area contributed by atoms with Gasteiger partial charge in [0.05, 0.1) is 0 Å². The maximum absolute atomic E-state index is 4.72. The highest BCUT2D eigenvalue weighted by Crippen LogP contribution is 2.29. The number of aryl methyl sites for hydroxylation is 1. The Morgan fingerprint density at radius 2 is 1.93 bits per heavy atom. The highest BCUT2D eigenvalue weighted by molar-refractivity contribution is 14.0. The van der Waals surface area contributed by atoms with Crippen LogP contribution in [0.15, 0.2) is 33.7 Å². The maximum atomic E-state index is 4.72. The number of hydrogen-bond acceptors (Lipinski definition) is 3. The molecule has 0 unspecified atom stereocenters. The second-order valence-electron chi connectivity index (χ2n) is 7.38. The van der Waals surface area contributed by atoms with Crippen LogP contribution in [0.5, 0.6) is 0 Å². The third kappa shape index (κ3) is 7.02. The van der Waals surface area contributed by atoms with Crippen molar-refractivity contribution in [3.63, 3.8) is 0 Å². The summed E-state index contributed by atoms with van der Waals surface area (Å²) in [4.78, 5) is 4.72. The van der Waals surface area contributed by atoms with E-state index >= 15 is 0 Å². The Bertz CT molecular complexity index is 772. The van der Waals surface area contributed by atoms with Crippen molar-refractivity contribution in [3.05, 3.63) is 46.0 Å². The van der Waals surface area contributed by atoms with Crippen molar-refractivity contribution in [1.29, 1.82) is 0 Å². The fraction of sp³-hybridized carbons (Fsp3) is 0.550. The molecule has 6 nitrogen and oxygen atoms in total. The van der Waals surface area contributed by atoms with Crippen molar-refractivity contribution >= 4 is 45.9 Å². The van der Waals surface area contributed by atoms with Crippen molar-refractivity contribution in [1.82, 2.24) is 25.4 Å². The molecule has 2 aromatic rings. The van der Waals surface area contributed by atoms with E-state index in [-0.39, 0.29) is 29.4 Å². The Morgan fingerprint density at radius 1 is 1.21 bits per heavy atom. The molecule has 0 amide bonds. The Morgan fingerprint density at radius 3 is 2.54 bits per heavy atom. The smallest absolute Gasteiger partial charge is 0.191 e. The number of halogens is 2. The zero-order valence-electron chi connectivity index (χ0n) is 17.4. The van der Waals surface area contributed by atoms with E-state index in [9.17, 15) is 0 Å². The van der Waals surface area contributed by atoms with Crippen LogP contribution in [0.1, 0.15) is 50.8 Å². The molecule has 2 N–H and O–H groups in total. The first-order valence-corrected chi connectivity index (χ1v) is 10.3. The van der Waals surface area contributed by atoms with Gasteiger partial charge in [0.25, 0.3) is 0 Å². The Kier molecular flexibility index (Phi) is 10.4. The Labute approximate surface area is 194 Å². The van der Waals surface area contributed by atoms with Gasteiger partial charge in [0, 0.05) is 30.0 Å². The van der Waals surface area contributed by atoms with Gasteiger partial charge in [0.15, 0.2) is 11.8 Å². The fourth-order valence-corrected chi connectivity index (χ4v) is 3.53. The highest BCUT2D eigenvalue weighted by atomic mass is 127. The first-order valence-electron chi connectivity index (χ1n) is 9.47. The standard InChI is InChI=1S/C20H31BrN6.HI/c1-6-7-12-22-19(23-13-18-26-25-15(2)27(18)5)24-14-20(3,4)16-10-8-9-11-17(16)21;/h8-11H,6-7,12-14H2,1-5H3,(H2,22,23,24);1H. The zero-order chi connectivity index (χ0) is 19.9. The number of nitrogens with one attached hydrogen (secondary N) is 2. The van der Waals surface area contributed by atoms with Gasteiger partial charge in [-0.25, -0.2) is 4.99 Å². The number of aromatic nitrogens is 3. The lowest BCUT2D eigenvalue weighted by Crippen LogP contribution is -2.44. The second-order valence-corrected chi connectivity index (χ2v) is 8.24. The molecule has 2 rings (SSSR count). The van der Waals surface area contributed by atoms with E-state index in [1.54, 1.807) is 0 Å². The molecule has 0 aliphatic carbocycles. The average Bonchev–Trinajstić information content (AvgIpc) is 2.96. The van der Waals surface area contributed by atoms with Crippen LogP contribution in [0.25, 0.3) is 0 Å². The average molecular weight is 563 g/mol. The zero-order valence-corrected chi connectivity index (χ0v) is 21.3. The van der Waals surface area contributed by atoms with Crippen LogP contribution in [0, 0.1) is 6.92 Å². The predicted molar refractivity (Wildman–Crippen MR) is 130 cm³/mol. The number of rotatable bonds is 8. The third-order valence-corrected chi connectivity index (χ3v) is 5.38. The van der Waals surface area contributed by atoms with Gasteiger partial charge in [-0.15, -0.1) is 34.2 Å². The van der Waals surface area contributed by atoms with Gasteiger partial charge in [0.1, 0.15) is 12.4 Å². The first-order chi connectivity index (χ1) is 12.8. The fourth-order valence-electron chi connectivity index (χ4n) is 2.71. The minimum Gasteiger partial charge on any atom is -0.356 e. The van der Waals surface area contributed by atoms with Crippen LogP contribution in [0.3, 0.4) is 0 Å². The number of unbranched alkanes of at least 4 members (excludes halogenated alkanes) is 1. The quantitative estimate of drug-likeness (QED) is 0.218. The largest absolute Gasteiger partial charge is 0.356 e. The number of aliphatic imine (C=N–C) groups is 1. The molecule has 0 aliphatic heterocycles. The van der Waals surface area contributed by atoms with E-state index in [0.717, 1.165) is 48.0 Å². The van der Waals surface area contributed by atoms with Crippen LogP contribution in [-0.2, 0) is 19.0 Å². The van der Waals surface area contributed by atoms with Crippen molar-refractivity contribution in [3.8, 4) is 0 Å². The molecule has 1 aromatic heterocycles. The van der Waals surface area contributed by atoms with E-state index in [1.807, 2.05) is 24.6 Å². The summed E-state index contributed by atoms with van der Waals surface area (Å²) in [5.74, 6) is 2.56. The van der Waals surface area contributed by atoms with Gasteiger partial charge < -0.3 is 15.2 Å². The van der Waals surface area contributed by atoms with Gasteiger partial charge >= 0.3 is 0 Å². The minimum absolute atomic E-state index is 0. The van der Waals surface area contributed by atoms with Crippen LogP contribution >= 0.6 is 39.9 Å². The molecule has 1 aromatic carbocycles. The van der Waals surface area contributed by atoms with Gasteiger partial charge in [-0.05, 0) is 25.0 Å². The SMILES string of the molecule is CCCCNC(=NCc1nnc(C)n1C)NCC(C)(C)c1ccccc1Br.I. The maximum Gasteiger partial charge on any atom is 0.191 e. The number of hydrogen-bond donors (Lipinski definition) is 2. The van der Waals surface area contributed by atoms with E-state index in [4.69, 9.17) is 4.99 Å².